The van der Waals surface area contributed by atoms with Crippen molar-refractivity contribution < 1.29 is 0 Å². The predicted octanol–water partition coefficient (Wildman–Crippen LogP) is 5.43. The van der Waals surface area contributed by atoms with Crippen LogP contribution >= 0.6 is 15.9 Å². The van der Waals surface area contributed by atoms with E-state index < -0.39 is 0 Å². The van der Waals surface area contributed by atoms with E-state index in [1.165, 1.54) is 55.1 Å². The summed E-state index contributed by atoms with van der Waals surface area (Å²) in [5, 5.41) is 3.70. The van der Waals surface area contributed by atoms with Crippen LogP contribution in [0.4, 0.5) is 0 Å². The molecule has 2 heteroatoms. The average Bonchev–Trinajstić information content (AvgIpc) is 2.49. The summed E-state index contributed by atoms with van der Waals surface area (Å²) in [4.78, 5) is 0. The Balaban J connectivity index is 1.94. The fraction of sp³-hybridized carbons (Fsp3) is 0.684. The summed E-state index contributed by atoms with van der Waals surface area (Å²) in [5.74, 6) is 2.46. The first-order valence-electron chi connectivity index (χ1n) is 8.60. The van der Waals surface area contributed by atoms with Gasteiger partial charge in [-0.05, 0) is 55.0 Å². The van der Waals surface area contributed by atoms with Crippen LogP contribution in [0.2, 0.25) is 0 Å². The van der Waals surface area contributed by atoms with Crippen molar-refractivity contribution in [3.8, 4) is 0 Å². The summed E-state index contributed by atoms with van der Waals surface area (Å²) in [5.41, 5.74) is 1.49. The zero-order chi connectivity index (χ0) is 15.1. The first kappa shape index (κ1) is 17.0. The minimum absolute atomic E-state index is 0.740. The van der Waals surface area contributed by atoms with Gasteiger partial charge in [-0.15, -0.1) is 0 Å². The number of rotatable bonds is 7. The molecular formula is C19H30BrN. The molecule has 1 unspecified atom stereocenters. The molecule has 1 atom stereocenters. The lowest BCUT2D eigenvalue weighted by Crippen LogP contribution is -2.32. The van der Waals surface area contributed by atoms with Crippen molar-refractivity contribution in [1.29, 1.82) is 0 Å². The normalized spacial score (nSPS) is 18.1. The standard InChI is InChI=1S/C19H30BrN/c1-15(2)13-21-14-18(17-6-4-3-5-7-17)12-16-8-10-19(20)11-9-16/h8-11,15,17-18,21H,3-7,12-14H2,1-2H3. The SMILES string of the molecule is CC(C)CNCC(Cc1ccc(Br)cc1)C1CCCCC1. The van der Waals surface area contributed by atoms with Gasteiger partial charge < -0.3 is 5.32 Å². The molecule has 1 fully saturated rings. The smallest absolute Gasteiger partial charge is 0.0175 e. The number of halogens is 1. The predicted molar refractivity (Wildman–Crippen MR) is 95.6 cm³/mol. The van der Waals surface area contributed by atoms with Gasteiger partial charge in [-0.1, -0.05) is 74.0 Å². The van der Waals surface area contributed by atoms with Crippen LogP contribution in [0.25, 0.3) is 0 Å². The number of hydrogen-bond donors (Lipinski definition) is 1. The third-order valence-corrected chi connectivity index (χ3v) is 5.22. The van der Waals surface area contributed by atoms with Crippen molar-refractivity contribution in [1.82, 2.24) is 5.32 Å². The van der Waals surface area contributed by atoms with Crippen LogP contribution in [-0.2, 0) is 6.42 Å². The van der Waals surface area contributed by atoms with Gasteiger partial charge in [-0.25, -0.2) is 0 Å². The number of hydrogen-bond acceptors (Lipinski definition) is 1. The molecule has 1 aliphatic rings. The van der Waals surface area contributed by atoms with E-state index in [2.05, 4.69) is 59.4 Å². The highest BCUT2D eigenvalue weighted by atomic mass is 79.9. The van der Waals surface area contributed by atoms with E-state index in [1.54, 1.807) is 0 Å². The molecule has 1 saturated carbocycles. The van der Waals surface area contributed by atoms with Crippen molar-refractivity contribution in [2.75, 3.05) is 13.1 Å². The Morgan fingerprint density at radius 3 is 2.33 bits per heavy atom. The molecule has 0 saturated heterocycles. The molecule has 1 aromatic carbocycles. The van der Waals surface area contributed by atoms with Crippen molar-refractivity contribution in [2.24, 2.45) is 17.8 Å². The van der Waals surface area contributed by atoms with Gasteiger partial charge in [-0.2, -0.15) is 0 Å². The summed E-state index contributed by atoms with van der Waals surface area (Å²) in [7, 11) is 0. The maximum absolute atomic E-state index is 3.70. The van der Waals surface area contributed by atoms with Crippen molar-refractivity contribution in [3.05, 3.63) is 34.3 Å². The Bertz CT molecular complexity index is 393. The van der Waals surface area contributed by atoms with Crippen molar-refractivity contribution >= 4 is 15.9 Å². The second-order valence-corrected chi connectivity index (χ2v) is 7.96. The summed E-state index contributed by atoms with van der Waals surface area (Å²) in [6.45, 7) is 6.90. The van der Waals surface area contributed by atoms with E-state index in [0.29, 0.717) is 0 Å². The van der Waals surface area contributed by atoms with Gasteiger partial charge in [0.25, 0.3) is 0 Å². The van der Waals surface area contributed by atoms with Crippen LogP contribution in [-0.4, -0.2) is 13.1 Å². The summed E-state index contributed by atoms with van der Waals surface area (Å²) >= 11 is 3.53. The number of nitrogens with one attached hydrogen (secondary N) is 1. The zero-order valence-electron chi connectivity index (χ0n) is 13.6. The Hall–Kier alpha value is -0.340. The third-order valence-electron chi connectivity index (χ3n) is 4.69. The van der Waals surface area contributed by atoms with E-state index in [1.807, 2.05) is 0 Å². The van der Waals surface area contributed by atoms with E-state index >= 15 is 0 Å². The van der Waals surface area contributed by atoms with E-state index in [9.17, 15) is 0 Å². The molecule has 0 bridgehead atoms. The van der Waals surface area contributed by atoms with Crippen LogP contribution < -0.4 is 5.32 Å². The molecule has 0 heterocycles. The van der Waals surface area contributed by atoms with Crippen LogP contribution in [0.3, 0.4) is 0 Å². The quantitative estimate of drug-likeness (QED) is 0.690. The molecule has 1 N–H and O–H groups in total. The highest BCUT2D eigenvalue weighted by molar-refractivity contribution is 9.10. The van der Waals surface area contributed by atoms with E-state index in [-0.39, 0.29) is 0 Å². The monoisotopic (exact) mass is 351 g/mol. The molecule has 21 heavy (non-hydrogen) atoms. The lowest BCUT2D eigenvalue weighted by atomic mass is 9.77. The zero-order valence-corrected chi connectivity index (χ0v) is 15.2. The van der Waals surface area contributed by atoms with Crippen LogP contribution in [0.5, 0.6) is 0 Å². The average molecular weight is 352 g/mol. The summed E-state index contributed by atoms with van der Waals surface area (Å²) in [6.07, 6.45) is 8.41. The van der Waals surface area contributed by atoms with Gasteiger partial charge in [0.15, 0.2) is 0 Å². The summed E-state index contributed by atoms with van der Waals surface area (Å²) < 4.78 is 1.18. The van der Waals surface area contributed by atoms with Gasteiger partial charge in [0.1, 0.15) is 0 Å². The Kier molecular flexibility index (Phi) is 7.25. The van der Waals surface area contributed by atoms with Crippen LogP contribution in [0.1, 0.15) is 51.5 Å². The first-order valence-corrected chi connectivity index (χ1v) is 9.39. The molecule has 1 aliphatic carbocycles. The van der Waals surface area contributed by atoms with E-state index in [0.717, 1.165) is 24.3 Å². The van der Waals surface area contributed by atoms with Crippen molar-refractivity contribution in [2.45, 2.75) is 52.4 Å². The van der Waals surface area contributed by atoms with Gasteiger partial charge in [0.05, 0.1) is 0 Å². The van der Waals surface area contributed by atoms with Gasteiger partial charge in [-0.3, -0.25) is 0 Å². The molecule has 118 valence electrons. The maximum atomic E-state index is 3.70. The molecule has 0 aromatic heterocycles. The fourth-order valence-corrected chi connectivity index (χ4v) is 3.76. The Morgan fingerprint density at radius 2 is 1.71 bits per heavy atom. The van der Waals surface area contributed by atoms with E-state index in [4.69, 9.17) is 0 Å². The summed E-state index contributed by atoms with van der Waals surface area (Å²) in [6, 6.07) is 8.91. The fourth-order valence-electron chi connectivity index (χ4n) is 3.49. The second kappa shape index (κ2) is 8.95. The van der Waals surface area contributed by atoms with Gasteiger partial charge >= 0.3 is 0 Å². The molecule has 2 rings (SSSR count). The highest BCUT2D eigenvalue weighted by Crippen LogP contribution is 2.32. The third kappa shape index (κ3) is 6.12. The molecule has 0 amide bonds. The molecule has 0 spiro atoms. The Labute approximate surface area is 139 Å². The molecule has 1 aromatic rings. The molecular weight excluding hydrogens is 322 g/mol. The van der Waals surface area contributed by atoms with Crippen LogP contribution in [0.15, 0.2) is 28.7 Å². The van der Waals surface area contributed by atoms with Gasteiger partial charge in [0.2, 0.25) is 0 Å². The molecule has 0 aliphatic heterocycles. The Morgan fingerprint density at radius 1 is 1.05 bits per heavy atom. The first-order chi connectivity index (χ1) is 10.1. The minimum Gasteiger partial charge on any atom is -0.316 e. The van der Waals surface area contributed by atoms with Crippen molar-refractivity contribution in [3.63, 3.8) is 0 Å². The molecule has 1 nitrogen and oxygen atoms in total. The van der Waals surface area contributed by atoms with Crippen LogP contribution in [0, 0.1) is 17.8 Å². The lowest BCUT2D eigenvalue weighted by Gasteiger charge is -2.31. The minimum atomic E-state index is 0.740. The van der Waals surface area contributed by atoms with Gasteiger partial charge in [0, 0.05) is 4.47 Å². The second-order valence-electron chi connectivity index (χ2n) is 7.04. The lowest BCUT2D eigenvalue weighted by molar-refractivity contribution is 0.238. The maximum Gasteiger partial charge on any atom is 0.0175 e. The number of benzene rings is 1. The largest absolute Gasteiger partial charge is 0.316 e. The topological polar surface area (TPSA) is 12.0 Å². The molecule has 0 radical (unpaired) electrons. The highest BCUT2D eigenvalue weighted by Gasteiger charge is 2.23.